The molecule has 31 heavy (non-hydrogen) atoms. The Hall–Kier alpha value is -3.30. The van der Waals surface area contributed by atoms with E-state index in [0.29, 0.717) is 10.2 Å². The van der Waals surface area contributed by atoms with Crippen molar-refractivity contribution in [3.05, 3.63) is 99.2 Å². The van der Waals surface area contributed by atoms with Crippen LogP contribution in [0.1, 0.15) is 26.3 Å². The van der Waals surface area contributed by atoms with Gasteiger partial charge in [0.1, 0.15) is 11.5 Å². The predicted molar refractivity (Wildman–Crippen MR) is 118 cm³/mol. The minimum atomic E-state index is -1.09. The average Bonchev–Trinajstić information content (AvgIpc) is 2.78. The summed E-state index contributed by atoms with van der Waals surface area (Å²) in [5.41, 5.74) is 1.13. The molecular weight excluding hydrogens is 466 g/mol. The summed E-state index contributed by atoms with van der Waals surface area (Å²) in [6.45, 7) is 0. The number of para-hydroxylation sites is 1. The number of allylic oxidation sites excluding steroid dienone is 1. The van der Waals surface area contributed by atoms with E-state index in [-0.39, 0.29) is 28.3 Å². The molecule has 0 saturated carbocycles. The van der Waals surface area contributed by atoms with Crippen LogP contribution in [-0.2, 0) is 0 Å². The molecule has 0 radical (unpaired) electrons. The molecule has 2 N–H and O–H groups in total. The Kier molecular flexibility index (Phi) is 7.32. The molecule has 8 heteroatoms. The lowest BCUT2D eigenvalue weighted by molar-refractivity contribution is -0.991. The Morgan fingerprint density at radius 1 is 1.03 bits per heavy atom. The lowest BCUT2D eigenvalue weighted by Gasteiger charge is -2.12. The number of ether oxygens (including phenoxy) is 2. The van der Waals surface area contributed by atoms with Gasteiger partial charge in [-0.2, -0.15) is 5.23 Å². The number of nitrogens with one attached hydrogen (secondary N) is 1. The van der Waals surface area contributed by atoms with E-state index in [0.717, 1.165) is 5.56 Å². The molecule has 1 atom stereocenters. The van der Waals surface area contributed by atoms with Crippen LogP contribution in [0.5, 0.6) is 11.5 Å². The van der Waals surface area contributed by atoms with Gasteiger partial charge in [0.25, 0.3) is 0 Å². The third kappa shape index (κ3) is 5.65. The summed E-state index contributed by atoms with van der Waals surface area (Å²) in [4.78, 5) is 25.3. The van der Waals surface area contributed by atoms with Crippen molar-refractivity contribution >= 4 is 39.4 Å². The van der Waals surface area contributed by atoms with Crippen molar-refractivity contribution in [3.8, 4) is 11.5 Å². The number of quaternary nitrogens is 1. The molecule has 0 heterocycles. The van der Waals surface area contributed by atoms with Crippen LogP contribution in [-0.4, -0.2) is 24.1 Å². The number of rotatable bonds is 7. The number of esters is 1. The molecule has 0 amide bonds. The molecule has 0 bridgehead atoms. The average molecular weight is 484 g/mol. The fourth-order valence-electron chi connectivity index (χ4n) is 2.75. The molecule has 0 aliphatic heterocycles. The third-order valence-corrected chi connectivity index (χ3v) is 4.82. The second-order valence-electron chi connectivity index (χ2n) is 6.35. The number of hydrogen-bond acceptors (Lipinski definition) is 6. The molecule has 0 fully saturated rings. The zero-order valence-electron chi connectivity index (χ0n) is 16.4. The highest BCUT2D eigenvalue weighted by Gasteiger charge is 2.16. The van der Waals surface area contributed by atoms with Crippen molar-refractivity contribution in [2.24, 2.45) is 0 Å². The molecule has 7 nitrogen and oxygen atoms in total. The second-order valence-corrected chi connectivity index (χ2v) is 7.27. The van der Waals surface area contributed by atoms with E-state index >= 15 is 0 Å². The van der Waals surface area contributed by atoms with Crippen LogP contribution in [0.25, 0.3) is 6.08 Å². The topological polar surface area (TPSA) is 100 Å². The summed E-state index contributed by atoms with van der Waals surface area (Å²) in [6, 6.07) is 17.3. The van der Waals surface area contributed by atoms with Gasteiger partial charge >= 0.3 is 5.97 Å². The summed E-state index contributed by atoms with van der Waals surface area (Å²) in [5, 5.41) is 18.8. The summed E-state index contributed by atoms with van der Waals surface area (Å²) in [7, 11) is 1.54. The van der Waals surface area contributed by atoms with Crippen molar-refractivity contribution in [2.75, 3.05) is 7.11 Å². The first-order valence-electron chi connectivity index (χ1n) is 9.09. The van der Waals surface area contributed by atoms with Gasteiger partial charge < -0.3 is 14.7 Å². The number of benzene rings is 3. The van der Waals surface area contributed by atoms with E-state index in [1.54, 1.807) is 31.4 Å². The molecule has 3 aromatic rings. The molecule has 0 aliphatic carbocycles. The van der Waals surface area contributed by atoms with Gasteiger partial charge in [0.05, 0.1) is 18.2 Å². The number of carbonyl (C=O) groups excluding carboxylic acids is 2. The highest BCUT2D eigenvalue weighted by Crippen LogP contribution is 2.26. The Morgan fingerprint density at radius 3 is 2.42 bits per heavy atom. The molecule has 1 unspecified atom stereocenters. The maximum absolute atomic E-state index is 12.8. The summed E-state index contributed by atoms with van der Waals surface area (Å²) >= 11 is 3.32. The first-order valence-corrected chi connectivity index (χ1v) is 9.89. The first kappa shape index (κ1) is 22.4. The van der Waals surface area contributed by atoms with Crippen molar-refractivity contribution in [1.29, 1.82) is 0 Å². The van der Waals surface area contributed by atoms with Crippen molar-refractivity contribution < 1.29 is 29.5 Å². The summed E-state index contributed by atoms with van der Waals surface area (Å²) < 4.78 is 11.3. The predicted octanol–water partition coefficient (Wildman–Crippen LogP) is 3.98. The normalized spacial score (nSPS) is 11.9. The molecule has 0 spiro atoms. The van der Waals surface area contributed by atoms with Crippen molar-refractivity contribution in [2.45, 2.75) is 0 Å². The molecule has 3 rings (SSSR count). The molecular formula is C23H18BrNO6. The minimum Gasteiger partial charge on any atom is -0.595 e. The molecule has 0 aliphatic rings. The van der Waals surface area contributed by atoms with Crippen LogP contribution in [0.15, 0.2) is 77.3 Å². The largest absolute Gasteiger partial charge is 0.595 e. The smallest absolute Gasteiger partial charge is 0.343 e. The third-order valence-electron chi connectivity index (χ3n) is 4.33. The zero-order chi connectivity index (χ0) is 22.4. The number of ketones is 1. The molecule has 3 aromatic carbocycles. The summed E-state index contributed by atoms with van der Waals surface area (Å²) in [5.74, 6) is -0.360. The first-order chi connectivity index (χ1) is 14.9. The van der Waals surface area contributed by atoms with E-state index in [1.807, 2.05) is 18.2 Å². The van der Waals surface area contributed by atoms with Crippen LogP contribution < -0.4 is 14.7 Å². The van der Waals surface area contributed by atoms with Crippen LogP contribution in [0.3, 0.4) is 0 Å². The second kappa shape index (κ2) is 10.1. The van der Waals surface area contributed by atoms with Crippen molar-refractivity contribution in [3.63, 3.8) is 0 Å². The summed E-state index contributed by atoms with van der Waals surface area (Å²) in [6.07, 6.45) is 3.00. The van der Waals surface area contributed by atoms with Gasteiger partial charge in [-0.25, -0.2) is 10.0 Å². The highest BCUT2D eigenvalue weighted by molar-refractivity contribution is 9.10. The Labute approximate surface area is 186 Å². The molecule has 0 saturated heterocycles. The monoisotopic (exact) mass is 483 g/mol. The van der Waals surface area contributed by atoms with Gasteiger partial charge in [-0.1, -0.05) is 34.1 Å². The fourth-order valence-corrected chi connectivity index (χ4v) is 3.11. The number of carbonyl (C=O) groups is 2. The zero-order valence-corrected chi connectivity index (χ0v) is 18.0. The SMILES string of the molecule is COc1ccccc1C=CC(=O)c1cc(Br)ccc1OC(=O)c1ccc([NH+]([O-])O)cc1. The van der Waals surface area contributed by atoms with Crippen molar-refractivity contribution in [1.82, 2.24) is 0 Å². The van der Waals surface area contributed by atoms with E-state index in [4.69, 9.17) is 14.7 Å². The maximum atomic E-state index is 12.8. The minimum absolute atomic E-state index is 0.0533. The lowest BCUT2D eigenvalue weighted by Crippen LogP contribution is -2.99. The van der Waals surface area contributed by atoms with E-state index in [9.17, 15) is 14.8 Å². The Balaban J connectivity index is 1.84. The van der Waals surface area contributed by atoms with Gasteiger partial charge in [-0.05, 0) is 48.6 Å². The molecule has 158 valence electrons. The van der Waals surface area contributed by atoms with E-state index < -0.39 is 11.2 Å². The fraction of sp³-hybridized carbons (Fsp3) is 0.0435. The van der Waals surface area contributed by atoms with Gasteiger partial charge in [0.15, 0.2) is 11.5 Å². The Morgan fingerprint density at radius 2 is 1.74 bits per heavy atom. The van der Waals surface area contributed by atoms with Gasteiger partial charge in [-0.15, -0.1) is 0 Å². The quantitative estimate of drug-likeness (QED) is 0.173. The van der Waals surface area contributed by atoms with Crippen LogP contribution in [0.4, 0.5) is 5.69 Å². The molecule has 0 aromatic heterocycles. The van der Waals surface area contributed by atoms with Crippen LogP contribution in [0, 0.1) is 5.21 Å². The maximum Gasteiger partial charge on any atom is 0.343 e. The van der Waals surface area contributed by atoms with E-state index in [2.05, 4.69) is 15.9 Å². The number of halogens is 1. The Bertz CT molecular complexity index is 1130. The number of methoxy groups -OCH3 is 1. The van der Waals surface area contributed by atoms with Crippen LogP contribution >= 0.6 is 15.9 Å². The van der Waals surface area contributed by atoms with E-state index in [1.165, 1.54) is 36.4 Å². The number of hydrogen-bond donors (Lipinski definition) is 2. The lowest BCUT2D eigenvalue weighted by atomic mass is 10.1. The van der Waals surface area contributed by atoms with Gasteiger partial charge in [0, 0.05) is 22.2 Å². The highest BCUT2D eigenvalue weighted by atomic mass is 79.9. The van der Waals surface area contributed by atoms with Crippen LogP contribution in [0.2, 0.25) is 0 Å². The standard InChI is InChI=1S/C23H18BrNO6/c1-30-21-5-3-2-4-15(21)8-12-20(26)19-14-17(24)9-13-22(19)31-23(27)16-6-10-18(11-7-16)25(28)29/h2-14,25,28H,1H3. The van der Waals surface area contributed by atoms with Gasteiger partial charge in [0.2, 0.25) is 0 Å². The van der Waals surface area contributed by atoms with Gasteiger partial charge in [-0.3, -0.25) is 4.79 Å².